The lowest BCUT2D eigenvalue weighted by Gasteiger charge is -2.35. The van der Waals surface area contributed by atoms with Gasteiger partial charge >= 0.3 is 5.97 Å². The summed E-state index contributed by atoms with van der Waals surface area (Å²) in [6.45, 7) is 2.30. The number of carboxylic acid groups (broad SMARTS) is 1. The summed E-state index contributed by atoms with van der Waals surface area (Å²) in [5, 5.41) is 9.05. The number of ether oxygens (including phenoxy) is 2. The van der Waals surface area contributed by atoms with Crippen molar-refractivity contribution in [1.82, 2.24) is 4.90 Å². The van der Waals surface area contributed by atoms with Gasteiger partial charge in [-0.05, 0) is 25.0 Å². The van der Waals surface area contributed by atoms with Gasteiger partial charge in [0.1, 0.15) is 5.75 Å². The minimum atomic E-state index is -1.03. The number of carbonyl (C=O) groups is 2. The van der Waals surface area contributed by atoms with Crippen LogP contribution < -0.4 is 4.74 Å². The molecule has 0 bridgehead atoms. The zero-order valence-corrected chi connectivity index (χ0v) is 12.8. The summed E-state index contributed by atoms with van der Waals surface area (Å²) >= 11 is 0. The summed E-state index contributed by atoms with van der Waals surface area (Å²) in [6, 6.07) is 7.57. The molecule has 6 heteroatoms. The van der Waals surface area contributed by atoms with Gasteiger partial charge in [-0.25, -0.2) is 4.79 Å². The van der Waals surface area contributed by atoms with Crippen LogP contribution in [-0.2, 0) is 20.7 Å². The fourth-order valence-corrected chi connectivity index (χ4v) is 2.60. The maximum Gasteiger partial charge on any atom is 0.334 e. The molecule has 0 aliphatic carbocycles. The van der Waals surface area contributed by atoms with Crippen molar-refractivity contribution < 1.29 is 24.2 Å². The molecule has 1 aliphatic rings. The minimum Gasteiger partial charge on any atom is -0.496 e. The summed E-state index contributed by atoms with van der Waals surface area (Å²) < 4.78 is 10.6. The van der Waals surface area contributed by atoms with Crippen molar-refractivity contribution in [1.29, 1.82) is 0 Å². The first kappa shape index (κ1) is 16.3. The molecule has 1 aromatic carbocycles. The highest BCUT2D eigenvalue weighted by molar-refractivity contribution is 5.79. The largest absolute Gasteiger partial charge is 0.496 e. The Kier molecular flexibility index (Phi) is 5.38. The first-order chi connectivity index (χ1) is 10.5. The van der Waals surface area contributed by atoms with Gasteiger partial charge in [-0.3, -0.25) is 4.79 Å². The van der Waals surface area contributed by atoms with E-state index < -0.39 is 12.1 Å². The quantitative estimate of drug-likeness (QED) is 0.888. The van der Waals surface area contributed by atoms with Crippen molar-refractivity contribution in [2.45, 2.75) is 32.0 Å². The number of para-hydroxylation sites is 1. The summed E-state index contributed by atoms with van der Waals surface area (Å²) in [6.07, 6.45) is -0.338. The smallest absolute Gasteiger partial charge is 0.334 e. The maximum absolute atomic E-state index is 12.3. The predicted octanol–water partition coefficient (Wildman–Crippen LogP) is 1.33. The second-order valence-electron chi connectivity index (χ2n) is 5.38. The van der Waals surface area contributed by atoms with Crippen LogP contribution in [0, 0.1) is 0 Å². The van der Waals surface area contributed by atoms with Crippen molar-refractivity contribution >= 4 is 11.9 Å². The van der Waals surface area contributed by atoms with E-state index in [2.05, 4.69) is 0 Å². The monoisotopic (exact) mass is 307 g/mol. The van der Waals surface area contributed by atoms with E-state index in [1.54, 1.807) is 18.9 Å². The Hall–Kier alpha value is -2.08. The number of nitrogens with zero attached hydrogens (tertiary/aromatic N) is 1. The van der Waals surface area contributed by atoms with Gasteiger partial charge in [0.25, 0.3) is 0 Å². The topological polar surface area (TPSA) is 76.1 Å². The first-order valence-corrected chi connectivity index (χ1v) is 7.29. The molecule has 0 aromatic heterocycles. The Labute approximate surface area is 129 Å². The summed E-state index contributed by atoms with van der Waals surface area (Å²) in [4.78, 5) is 24.9. The number of amides is 1. The number of benzene rings is 1. The average Bonchev–Trinajstić information content (AvgIpc) is 2.52. The van der Waals surface area contributed by atoms with E-state index in [1.165, 1.54) is 0 Å². The van der Waals surface area contributed by atoms with Crippen molar-refractivity contribution in [2.75, 3.05) is 20.2 Å². The summed E-state index contributed by atoms with van der Waals surface area (Å²) in [5.74, 6) is -0.338. The molecule has 1 heterocycles. The lowest BCUT2D eigenvalue weighted by Crippen LogP contribution is -2.51. The van der Waals surface area contributed by atoms with Gasteiger partial charge in [0.2, 0.25) is 5.91 Å². The standard InChI is InChI=1S/C16H21NO5/c1-11-9-17(10-14(22-11)16(19)20)15(18)8-7-12-5-3-4-6-13(12)21-2/h3-6,11,14H,7-10H2,1-2H3,(H,19,20)/t11-,14?/m1/s1. The highest BCUT2D eigenvalue weighted by Crippen LogP contribution is 2.20. The van der Waals surface area contributed by atoms with E-state index in [0.717, 1.165) is 11.3 Å². The van der Waals surface area contributed by atoms with Crippen molar-refractivity contribution in [2.24, 2.45) is 0 Å². The minimum absolute atomic E-state index is 0.0627. The van der Waals surface area contributed by atoms with Crippen molar-refractivity contribution in [3.63, 3.8) is 0 Å². The van der Waals surface area contributed by atoms with Crippen LogP contribution in [-0.4, -0.2) is 54.3 Å². The number of rotatable bonds is 5. The molecule has 1 unspecified atom stereocenters. The molecule has 0 spiro atoms. The molecule has 2 atom stereocenters. The van der Waals surface area contributed by atoms with Crippen LogP contribution in [0.2, 0.25) is 0 Å². The van der Waals surface area contributed by atoms with Crippen LogP contribution in [0.5, 0.6) is 5.75 Å². The van der Waals surface area contributed by atoms with E-state index in [1.807, 2.05) is 24.3 Å². The molecule has 22 heavy (non-hydrogen) atoms. The number of aliphatic carboxylic acids is 1. The normalized spacial score (nSPS) is 21.5. The van der Waals surface area contributed by atoms with Gasteiger partial charge in [-0.1, -0.05) is 18.2 Å². The maximum atomic E-state index is 12.3. The van der Waals surface area contributed by atoms with E-state index in [9.17, 15) is 9.59 Å². The fraction of sp³-hybridized carbons (Fsp3) is 0.500. The van der Waals surface area contributed by atoms with Gasteiger partial charge < -0.3 is 19.5 Å². The Balaban J connectivity index is 1.95. The fourth-order valence-electron chi connectivity index (χ4n) is 2.60. The molecule has 1 N–H and O–H groups in total. The molecule has 2 rings (SSSR count). The van der Waals surface area contributed by atoms with Gasteiger partial charge in [0, 0.05) is 13.0 Å². The van der Waals surface area contributed by atoms with Crippen LogP contribution in [0.25, 0.3) is 0 Å². The Morgan fingerprint density at radius 2 is 2.09 bits per heavy atom. The molecule has 1 fully saturated rings. The zero-order chi connectivity index (χ0) is 16.1. The average molecular weight is 307 g/mol. The van der Waals surface area contributed by atoms with Gasteiger partial charge in [-0.15, -0.1) is 0 Å². The molecular weight excluding hydrogens is 286 g/mol. The molecule has 1 aliphatic heterocycles. The molecule has 0 saturated carbocycles. The molecule has 6 nitrogen and oxygen atoms in total. The van der Waals surface area contributed by atoms with Crippen LogP contribution in [0.15, 0.2) is 24.3 Å². The molecular formula is C16H21NO5. The third kappa shape index (κ3) is 3.98. The second kappa shape index (κ2) is 7.26. The molecule has 120 valence electrons. The number of methoxy groups -OCH3 is 1. The number of hydrogen-bond acceptors (Lipinski definition) is 4. The van der Waals surface area contributed by atoms with Crippen molar-refractivity contribution in [3.8, 4) is 5.75 Å². The highest BCUT2D eigenvalue weighted by atomic mass is 16.5. The lowest BCUT2D eigenvalue weighted by molar-refractivity contribution is -0.166. The second-order valence-corrected chi connectivity index (χ2v) is 5.38. The molecule has 1 aromatic rings. The number of morpholine rings is 1. The number of carboxylic acids is 1. The van der Waals surface area contributed by atoms with Crippen molar-refractivity contribution in [3.05, 3.63) is 29.8 Å². The number of hydrogen-bond donors (Lipinski definition) is 1. The third-order valence-corrected chi connectivity index (χ3v) is 3.69. The van der Waals surface area contributed by atoms with Gasteiger partial charge in [0.15, 0.2) is 6.10 Å². The summed E-state index contributed by atoms with van der Waals surface area (Å²) in [5.41, 5.74) is 0.967. The Bertz CT molecular complexity index is 545. The first-order valence-electron chi connectivity index (χ1n) is 7.29. The number of carbonyl (C=O) groups excluding carboxylic acids is 1. The van der Waals surface area contributed by atoms with E-state index in [4.69, 9.17) is 14.6 Å². The van der Waals surface area contributed by atoms with Gasteiger partial charge in [0.05, 0.1) is 19.8 Å². The van der Waals surface area contributed by atoms with E-state index in [-0.39, 0.29) is 18.6 Å². The Morgan fingerprint density at radius 1 is 1.36 bits per heavy atom. The van der Waals surface area contributed by atoms with E-state index in [0.29, 0.717) is 19.4 Å². The van der Waals surface area contributed by atoms with E-state index >= 15 is 0 Å². The Morgan fingerprint density at radius 3 is 2.77 bits per heavy atom. The summed E-state index contributed by atoms with van der Waals surface area (Å²) in [7, 11) is 1.60. The zero-order valence-electron chi connectivity index (χ0n) is 12.8. The van der Waals surface area contributed by atoms with Crippen LogP contribution in [0.3, 0.4) is 0 Å². The molecule has 0 radical (unpaired) electrons. The predicted molar refractivity (Wildman–Crippen MR) is 79.9 cm³/mol. The molecule has 1 amide bonds. The van der Waals surface area contributed by atoms with Crippen LogP contribution >= 0.6 is 0 Å². The number of aryl methyl sites for hydroxylation is 1. The molecule has 1 saturated heterocycles. The lowest BCUT2D eigenvalue weighted by atomic mass is 10.1. The third-order valence-electron chi connectivity index (χ3n) is 3.69. The van der Waals surface area contributed by atoms with Crippen LogP contribution in [0.1, 0.15) is 18.9 Å². The highest BCUT2D eigenvalue weighted by Gasteiger charge is 2.32. The SMILES string of the molecule is COc1ccccc1CCC(=O)N1CC(C(=O)O)O[C@H](C)C1. The van der Waals surface area contributed by atoms with Gasteiger partial charge in [-0.2, -0.15) is 0 Å². The van der Waals surface area contributed by atoms with Crippen LogP contribution in [0.4, 0.5) is 0 Å².